The first-order chi connectivity index (χ1) is 36.3. The van der Waals surface area contributed by atoms with Crippen LogP contribution in [0.15, 0.2) is 117 Å². The molecule has 0 unspecified atom stereocenters. The fourth-order valence-corrected chi connectivity index (χ4v) is 9.30. The first-order valence-corrected chi connectivity index (χ1v) is 26.8. The van der Waals surface area contributed by atoms with E-state index < -0.39 is 127 Å². The molecule has 81 heavy (non-hydrogen) atoms. The molecule has 6 amide bonds. The number of benzene rings is 4. The van der Waals surface area contributed by atoms with Gasteiger partial charge in [0.25, 0.3) is 32.6 Å². The molecule has 4 aromatic rings. The Morgan fingerprint density at radius 3 is 1.12 bits per heavy atom. The number of carbonyl (C=O) groups excluding carboxylic acids is 7. The number of amides is 6. The Labute approximate surface area is 510 Å². The number of halogens is 1. The first-order valence-electron chi connectivity index (χ1n) is 20.1. The number of nitrogen functional groups attached to an aromatic ring is 1. The van der Waals surface area contributed by atoms with Crippen LogP contribution in [0.3, 0.4) is 0 Å². The molecule has 4 rings (SSSR count). The summed E-state index contributed by atoms with van der Waals surface area (Å²) in [6.45, 7) is -3.56. The van der Waals surface area contributed by atoms with Crippen LogP contribution >= 0.6 is 10.7 Å². The number of hydrogen-bond donors (Lipinski definition) is 7. The number of non-ortho nitro benzene ring substituents is 3. The maximum Gasteiger partial charge on any atom is 1.00 e. The number of nitro groups is 3. The zero-order valence-corrected chi connectivity index (χ0v) is 50.5. The molecule has 0 saturated carbocycles. The molecular weight excluding hydrogens is 1220 g/mol. The molecule has 4 aromatic carbocycles. The van der Waals surface area contributed by atoms with Crippen LogP contribution < -0.4 is 103 Å². The first kappa shape index (κ1) is 80.6. The Bertz CT molecular complexity index is 3290. The van der Waals surface area contributed by atoms with Gasteiger partial charge in [0, 0.05) is 66.9 Å². The van der Waals surface area contributed by atoms with E-state index in [1.54, 1.807) is 14.1 Å². The molecular formula is C38H48ClN13Na2O23S4. The van der Waals surface area contributed by atoms with Crippen molar-refractivity contribution >= 4 is 115 Å². The maximum absolute atomic E-state index is 12.3. The zero-order chi connectivity index (χ0) is 61.6. The van der Waals surface area contributed by atoms with Crippen LogP contribution in [0.25, 0.3) is 0 Å². The smallest absolute Gasteiger partial charge is 1.00 e. The number of primary amides is 5. The Morgan fingerprint density at radius 1 is 0.568 bits per heavy atom. The molecule has 0 aromatic heterocycles. The summed E-state index contributed by atoms with van der Waals surface area (Å²) in [5.74, 6) is -4.63. The van der Waals surface area contributed by atoms with Crippen molar-refractivity contribution in [2.75, 3.05) is 52.6 Å². The number of rotatable bonds is 22. The Kier molecular flexibility index (Phi) is 38.5. The molecule has 13 N–H and O–H groups in total. The van der Waals surface area contributed by atoms with Crippen molar-refractivity contribution in [3.05, 3.63) is 127 Å². The van der Waals surface area contributed by atoms with Crippen molar-refractivity contribution in [1.82, 2.24) is 18.2 Å². The van der Waals surface area contributed by atoms with Gasteiger partial charge in [0.05, 0.1) is 67.1 Å². The fraction of sp³-hybridized carbons (Fsp3) is 0.184. The molecule has 0 fully saturated rings. The number of anilines is 1. The van der Waals surface area contributed by atoms with Crippen molar-refractivity contribution in [3.8, 4) is 0 Å². The van der Waals surface area contributed by atoms with Crippen LogP contribution in [0.5, 0.6) is 0 Å². The van der Waals surface area contributed by atoms with Gasteiger partial charge in [-0.1, -0.05) is 24.3 Å². The van der Waals surface area contributed by atoms with Crippen LogP contribution in [0.1, 0.15) is 1.43 Å². The van der Waals surface area contributed by atoms with Gasteiger partial charge in [-0.25, -0.2) is 38.4 Å². The van der Waals surface area contributed by atoms with Crippen molar-refractivity contribution in [2.45, 2.75) is 19.6 Å². The predicted molar refractivity (Wildman–Crippen MR) is 270 cm³/mol. The van der Waals surface area contributed by atoms with Gasteiger partial charge in [0.2, 0.25) is 66.0 Å². The number of nitrogens with one attached hydrogen (secondary N) is 1. The van der Waals surface area contributed by atoms with Gasteiger partial charge < -0.3 is 50.9 Å². The van der Waals surface area contributed by atoms with Gasteiger partial charge in [-0.05, 0) is 36.4 Å². The van der Waals surface area contributed by atoms with Gasteiger partial charge >= 0.3 is 59.1 Å². The quantitative estimate of drug-likeness (QED) is 0.00731. The number of sulfonamides is 3. The summed E-state index contributed by atoms with van der Waals surface area (Å²) in [6.07, 6.45) is 0.750. The normalized spacial score (nSPS) is 10.4. The average molecular weight is 1260 g/mol. The Morgan fingerprint density at radius 2 is 0.852 bits per heavy atom. The van der Waals surface area contributed by atoms with E-state index in [1.807, 2.05) is 4.72 Å². The number of carbonyl (C=O) groups is 7. The second kappa shape index (κ2) is 38.7. The second-order valence-electron chi connectivity index (χ2n) is 14.2. The maximum atomic E-state index is 12.3. The topological polar surface area (TPSA) is 596 Å². The van der Waals surface area contributed by atoms with Gasteiger partial charge in [-0.2, -0.15) is 8.61 Å². The van der Waals surface area contributed by atoms with Gasteiger partial charge in [-0.3, -0.25) is 63.9 Å². The monoisotopic (exact) mass is 1260 g/mol. The summed E-state index contributed by atoms with van der Waals surface area (Å²) in [6, 6.07) is 18.6. The summed E-state index contributed by atoms with van der Waals surface area (Å²) >= 11 is 0. The number of nitrogens with zero attached hydrogens (tertiary/aromatic N) is 6. The summed E-state index contributed by atoms with van der Waals surface area (Å²) in [5, 5.41) is 39.8. The predicted octanol–water partition coefficient (Wildman–Crippen LogP) is -10.1. The third-order valence-corrected chi connectivity index (χ3v) is 14.2. The van der Waals surface area contributed by atoms with E-state index >= 15 is 0 Å². The van der Waals surface area contributed by atoms with E-state index in [9.17, 15) is 92.8 Å². The van der Waals surface area contributed by atoms with Crippen LogP contribution in [0.2, 0.25) is 0 Å². The molecule has 0 bridgehead atoms. The molecule has 436 valence electrons. The van der Waals surface area contributed by atoms with E-state index in [0.29, 0.717) is 8.61 Å². The molecule has 0 heterocycles. The Balaban J connectivity index is -0.000000304. The van der Waals surface area contributed by atoms with E-state index in [1.165, 1.54) is 59.5 Å². The molecule has 0 saturated heterocycles. The number of nitro benzene ring substituents is 3. The van der Waals surface area contributed by atoms with Crippen molar-refractivity contribution in [2.24, 2.45) is 28.7 Å². The fourth-order valence-electron chi connectivity index (χ4n) is 4.64. The van der Waals surface area contributed by atoms with Gasteiger partial charge in [0.1, 0.15) is 0 Å². The summed E-state index contributed by atoms with van der Waals surface area (Å²) in [7, 11) is -7.88. The average Bonchev–Trinajstić information content (AvgIpc) is 3.35. The molecule has 0 spiro atoms. The molecule has 0 aliphatic rings. The minimum absolute atomic E-state index is 0. The largest absolute Gasteiger partial charge is 1.00 e. The van der Waals surface area contributed by atoms with Gasteiger partial charge in [0.15, 0.2) is 0 Å². The van der Waals surface area contributed by atoms with E-state index in [4.69, 9.17) is 55.1 Å². The van der Waals surface area contributed by atoms with Crippen LogP contribution in [0.4, 0.5) is 22.7 Å². The number of nitrogens with two attached hydrogens (primary N) is 6. The SMILES string of the molecule is CN(C)C=O.NC(=O)CN(CC(N)=O)S(=O)(=O)c1cccc(N)c1.NC(=O)CN(CC(N)=O)S(=O)(=O)c1cccc([N+](=O)[O-])c1.NC(=O)CNS(=O)(=O)c1cccc([N+](=O)[O-])c1.O=CO[O-].O=[N+]([O-])c1cccc(S(=O)(=O)Cl)c1.[H-].[Na+].[Na+]. The van der Waals surface area contributed by atoms with E-state index in [2.05, 4.69) is 4.89 Å². The van der Waals surface area contributed by atoms with Crippen molar-refractivity contribution in [3.63, 3.8) is 0 Å². The second-order valence-corrected chi connectivity index (χ2v) is 22.4. The zero-order valence-electron chi connectivity index (χ0n) is 43.5. The van der Waals surface area contributed by atoms with E-state index in [-0.39, 0.29) is 98.8 Å². The van der Waals surface area contributed by atoms with Crippen molar-refractivity contribution in [1.29, 1.82) is 0 Å². The Hall–Kier alpha value is -6.90. The summed E-state index contributed by atoms with van der Waals surface area (Å²) < 4.78 is 96.6. The molecule has 0 atom stereocenters. The third-order valence-electron chi connectivity index (χ3n) is 7.83. The molecule has 43 heteroatoms. The van der Waals surface area contributed by atoms with Crippen molar-refractivity contribution < 1.29 is 153 Å². The molecule has 0 radical (unpaired) electrons. The summed E-state index contributed by atoms with van der Waals surface area (Å²) in [4.78, 5) is 104. The minimum atomic E-state index is -4.32. The molecule has 36 nitrogen and oxygen atoms in total. The molecule has 0 aliphatic carbocycles. The standard InChI is InChI=1S/C10H12N4O6S.C10H14N4O4S.C8H9N3O5S.C6H4ClNO4S.C3H7NO.CH2O3.2Na.H/c11-9(15)5-13(6-10(12)16)21(19,20)8-3-1-2-7(4-8)14(17)18;11-7-2-1-3-8(4-7)19(17,18)14(5-9(12)15)6-10(13)16;9-8(12)5-10-17(15,16)7-3-1-2-6(4-7)11(13)14;7-13(11,12)6-3-1-2-5(4-6)8(9)10;1-4(2)3-5;2-1-4-3;;;/h1-4H,5-6H2,(H2,11,15)(H2,12,16);1-4H,5-6,11H2,(H2,12,15)(H2,13,16);1-4,10H,5H2,(H2,9,12);1-4H;3H,1-2H3;1,3H;;;/q;;;;;;2*+1;-1/p-1. The van der Waals surface area contributed by atoms with Crippen LogP contribution in [-0.4, -0.2) is 151 Å². The summed E-state index contributed by atoms with van der Waals surface area (Å²) in [5.41, 5.74) is 29.1. The van der Waals surface area contributed by atoms with Gasteiger partial charge in [-0.15, -0.1) is 0 Å². The number of hydrogen-bond acceptors (Lipinski definition) is 24. The van der Waals surface area contributed by atoms with Crippen LogP contribution in [0, 0.1) is 30.3 Å². The van der Waals surface area contributed by atoms with Crippen LogP contribution in [-0.2, 0) is 77.6 Å². The van der Waals surface area contributed by atoms with E-state index in [0.717, 1.165) is 48.9 Å². The third kappa shape index (κ3) is 32.8. The molecule has 0 aliphatic heterocycles. The minimum Gasteiger partial charge on any atom is -1.00 e.